The van der Waals surface area contributed by atoms with E-state index in [1.165, 1.54) is 6.07 Å². The topological polar surface area (TPSA) is 35.2 Å². The third-order valence-electron chi connectivity index (χ3n) is 1.96. The molecule has 1 aromatic carbocycles. The van der Waals surface area contributed by atoms with E-state index < -0.39 is 12.8 Å². The van der Waals surface area contributed by atoms with E-state index in [4.69, 9.17) is 10.5 Å². The predicted molar refractivity (Wildman–Crippen MR) is 63.0 cm³/mol. The van der Waals surface area contributed by atoms with Crippen LogP contribution in [0.4, 0.5) is 13.2 Å². The maximum Gasteiger partial charge on any atom is 0.422 e. The molecule has 17 heavy (non-hydrogen) atoms. The van der Waals surface area contributed by atoms with Crippen molar-refractivity contribution in [3.05, 3.63) is 28.2 Å². The van der Waals surface area contributed by atoms with Crippen molar-refractivity contribution >= 4 is 15.9 Å². The number of rotatable bonds is 4. The van der Waals surface area contributed by atoms with Crippen molar-refractivity contribution in [3.8, 4) is 5.75 Å². The highest BCUT2D eigenvalue weighted by atomic mass is 79.9. The molecule has 6 heteroatoms. The van der Waals surface area contributed by atoms with Crippen molar-refractivity contribution in [3.63, 3.8) is 0 Å². The average molecular weight is 312 g/mol. The van der Waals surface area contributed by atoms with Crippen LogP contribution >= 0.6 is 15.9 Å². The molecule has 0 bridgehead atoms. The fraction of sp³-hybridized carbons (Fsp3) is 0.455. The van der Waals surface area contributed by atoms with Gasteiger partial charge < -0.3 is 10.5 Å². The first-order valence-electron chi connectivity index (χ1n) is 5.01. The summed E-state index contributed by atoms with van der Waals surface area (Å²) in [6.45, 7) is 0.495. The minimum atomic E-state index is -4.33. The summed E-state index contributed by atoms with van der Waals surface area (Å²) in [5, 5.41) is 0. The number of benzene rings is 1. The molecule has 1 aromatic rings. The summed E-state index contributed by atoms with van der Waals surface area (Å²) >= 11 is 3.26. The van der Waals surface area contributed by atoms with Gasteiger partial charge in [-0.05, 0) is 37.1 Å². The summed E-state index contributed by atoms with van der Waals surface area (Å²) in [6.07, 6.45) is -3.87. The van der Waals surface area contributed by atoms with Gasteiger partial charge >= 0.3 is 6.18 Å². The molecule has 96 valence electrons. The molecular weight excluding hydrogens is 299 g/mol. The highest BCUT2D eigenvalue weighted by Crippen LogP contribution is 2.26. The number of alkyl halides is 3. The van der Waals surface area contributed by atoms with Crippen LogP contribution in [0.25, 0.3) is 0 Å². The summed E-state index contributed by atoms with van der Waals surface area (Å²) in [6, 6.07) is 4.72. The molecule has 0 saturated heterocycles. The second-order valence-electron chi connectivity index (χ2n) is 3.84. The van der Waals surface area contributed by atoms with Crippen LogP contribution in [0.1, 0.15) is 12.5 Å². The van der Waals surface area contributed by atoms with Gasteiger partial charge in [-0.15, -0.1) is 0 Å². The Morgan fingerprint density at radius 3 is 2.59 bits per heavy atom. The van der Waals surface area contributed by atoms with Crippen LogP contribution in [0.5, 0.6) is 5.75 Å². The average Bonchev–Trinajstić information content (AvgIpc) is 2.14. The van der Waals surface area contributed by atoms with E-state index in [1.807, 2.05) is 0 Å². The molecule has 0 aliphatic heterocycles. The molecule has 2 nitrogen and oxygen atoms in total. The summed E-state index contributed by atoms with van der Waals surface area (Å²) in [4.78, 5) is 0. The van der Waals surface area contributed by atoms with E-state index in [1.54, 1.807) is 19.1 Å². The Labute approximate surface area is 106 Å². The zero-order valence-corrected chi connectivity index (χ0v) is 10.8. The molecule has 0 spiro atoms. The van der Waals surface area contributed by atoms with Gasteiger partial charge in [-0.2, -0.15) is 13.2 Å². The van der Waals surface area contributed by atoms with Crippen molar-refractivity contribution in [1.82, 2.24) is 0 Å². The number of halogens is 4. The molecule has 0 fully saturated rings. The van der Waals surface area contributed by atoms with Crippen LogP contribution in [-0.4, -0.2) is 18.8 Å². The molecule has 0 aromatic heterocycles. The largest absolute Gasteiger partial charge is 0.484 e. The number of hydrogen-bond acceptors (Lipinski definition) is 2. The smallest absolute Gasteiger partial charge is 0.422 e. The van der Waals surface area contributed by atoms with Crippen molar-refractivity contribution in [2.75, 3.05) is 6.61 Å². The van der Waals surface area contributed by atoms with Gasteiger partial charge in [0.2, 0.25) is 0 Å². The van der Waals surface area contributed by atoms with E-state index in [2.05, 4.69) is 15.9 Å². The van der Waals surface area contributed by atoms with Gasteiger partial charge in [0.05, 0.1) is 0 Å². The Morgan fingerprint density at radius 2 is 2.06 bits per heavy atom. The normalized spacial score (nSPS) is 13.5. The lowest BCUT2D eigenvalue weighted by molar-refractivity contribution is -0.153. The summed E-state index contributed by atoms with van der Waals surface area (Å²) in [5.74, 6) is 0.225. The molecule has 0 aliphatic rings. The third kappa shape index (κ3) is 5.41. The number of hydrogen-bond donors (Lipinski definition) is 1. The summed E-state index contributed by atoms with van der Waals surface area (Å²) in [7, 11) is 0. The lowest BCUT2D eigenvalue weighted by atomic mass is 10.1. The van der Waals surface area contributed by atoms with Gasteiger partial charge in [0.25, 0.3) is 0 Å². The minimum Gasteiger partial charge on any atom is -0.484 e. The molecule has 2 N–H and O–H groups in total. The third-order valence-corrected chi connectivity index (χ3v) is 2.45. The molecular formula is C11H13BrF3NO. The van der Waals surface area contributed by atoms with E-state index in [0.717, 1.165) is 4.47 Å². The van der Waals surface area contributed by atoms with Crippen molar-refractivity contribution in [1.29, 1.82) is 0 Å². The Hall–Kier alpha value is -0.750. The fourth-order valence-electron chi connectivity index (χ4n) is 1.35. The van der Waals surface area contributed by atoms with E-state index in [9.17, 15) is 13.2 Å². The van der Waals surface area contributed by atoms with Gasteiger partial charge in [0, 0.05) is 10.5 Å². The van der Waals surface area contributed by atoms with Gasteiger partial charge in [0.15, 0.2) is 6.61 Å². The zero-order chi connectivity index (χ0) is 13.1. The maximum absolute atomic E-state index is 12.1. The second-order valence-corrected chi connectivity index (χ2v) is 4.75. The van der Waals surface area contributed by atoms with Crippen LogP contribution in [0.2, 0.25) is 0 Å². The zero-order valence-electron chi connectivity index (χ0n) is 9.22. The lowest BCUT2D eigenvalue weighted by Crippen LogP contribution is -2.21. The molecule has 0 saturated carbocycles. The quantitative estimate of drug-likeness (QED) is 0.926. The molecule has 0 radical (unpaired) electrons. The van der Waals surface area contributed by atoms with Gasteiger partial charge in [-0.25, -0.2) is 0 Å². The highest BCUT2D eigenvalue weighted by molar-refractivity contribution is 9.10. The van der Waals surface area contributed by atoms with Crippen LogP contribution in [0, 0.1) is 0 Å². The monoisotopic (exact) mass is 311 g/mol. The summed E-state index contributed by atoms with van der Waals surface area (Å²) in [5.41, 5.74) is 6.30. The molecule has 0 heterocycles. The Morgan fingerprint density at radius 1 is 1.41 bits per heavy atom. The highest BCUT2D eigenvalue weighted by Gasteiger charge is 2.28. The molecule has 1 unspecified atom stereocenters. The van der Waals surface area contributed by atoms with Crippen LogP contribution in [0.3, 0.4) is 0 Å². The lowest BCUT2D eigenvalue weighted by Gasteiger charge is -2.14. The first kappa shape index (κ1) is 14.3. The van der Waals surface area contributed by atoms with E-state index in [0.29, 0.717) is 12.0 Å². The van der Waals surface area contributed by atoms with Gasteiger partial charge in [-0.3, -0.25) is 0 Å². The van der Waals surface area contributed by atoms with Crippen molar-refractivity contribution < 1.29 is 17.9 Å². The molecule has 0 amide bonds. The van der Waals surface area contributed by atoms with Crippen molar-refractivity contribution in [2.24, 2.45) is 5.73 Å². The first-order chi connectivity index (χ1) is 7.78. The summed E-state index contributed by atoms with van der Waals surface area (Å²) < 4.78 is 41.7. The maximum atomic E-state index is 12.1. The number of ether oxygens (including phenoxy) is 1. The second kappa shape index (κ2) is 5.73. The Bertz CT molecular complexity index is 379. The first-order valence-corrected chi connectivity index (χ1v) is 5.81. The van der Waals surface area contributed by atoms with Gasteiger partial charge in [-0.1, -0.05) is 15.9 Å². The SMILES string of the molecule is CC(N)Cc1cc(Br)ccc1OCC(F)(F)F. The predicted octanol–water partition coefficient (Wildman–Crippen LogP) is 3.28. The minimum absolute atomic E-state index is 0.141. The van der Waals surface area contributed by atoms with E-state index in [-0.39, 0.29) is 11.8 Å². The van der Waals surface area contributed by atoms with Crippen LogP contribution in [0.15, 0.2) is 22.7 Å². The van der Waals surface area contributed by atoms with Crippen LogP contribution in [-0.2, 0) is 6.42 Å². The Balaban J connectivity index is 2.82. The van der Waals surface area contributed by atoms with E-state index >= 15 is 0 Å². The van der Waals surface area contributed by atoms with Crippen molar-refractivity contribution in [2.45, 2.75) is 25.6 Å². The number of nitrogens with two attached hydrogens (primary N) is 1. The van der Waals surface area contributed by atoms with Crippen LogP contribution < -0.4 is 10.5 Å². The standard InChI is InChI=1S/C11H13BrF3NO/c1-7(16)4-8-5-9(12)2-3-10(8)17-6-11(13,14)15/h2-3,5,7H,4,6,16H2,1H3. The fourth-order valence-corrected chi connectivity index (χ4v) is 1.76. The molecule has 0 aliphatic carbocycles. The Kier molecular flexibility index (Phi) is 4.82. The molecule has 1 rings (SSSR count). The van der Waals surface area contributed by atoms with Gasteiger partial charge in [0.1, 0.15) is 5.75 Å². The molecule has 1 atom stereocenters.